The van der Waals surface area contributed by atoms with Gasteiger partial charge in [0.05, 0.1) is 6.61 Å². The molecule has 0 saturated heterocycles. The monoisotopic (exact) mass is 456 g/mol. The summed E-state index contributed by atoms with van der Waals surface area (Å²) in [6.45, 7) is 2.86. The van der Waals surface area contributed by atoms with Crippen molar-refractivity contribution < 1.29 is 31.4 Å². The molecule has 1 aliphatic rings. The summed E-state index contributed by atoms with van der Waals surface area (Å²) in [5.74, 6) is -2.27. The first kappa shape index (κ1) is 24.3. The molecule has 0 N–H and O–H groups in total. The number of ether oxygens (including phenoxy) is 2. The van der Waals surface area contributed by atoms with Crippen molar-refractivity contribution in [2.75, 3.05) is 6.61 Å². The van der Waals surface area contributed by atoms with E-state index in [1.54, 1.807) is 24.3 Å². The first-order valence-electron chi connectivity index (χ1n) is 11.2. The lowest BCUT2D eigenvalue weighted by molar-refractivity contribution is -0.276. The number of hydrogen-bond acceptors (Lipinski definition) is 2. The van der Waals surface area contributed by atoms with E-state index in [0.717, 1.165) is 18.1 Å². The average molecular weight is 456 g/mol. The molecule has 2 aromatic carbocycles. The predicted molar refractivity (Wildman–Crippen MR) is 114 cm³/mol. The van der Waals surface area contributed by atoms with E-state index in [-0.39, 0.29) is 5.56 Å². The van der Waals surface area contributed by atoms with Crippen LogP contribution in [0.25, 0.3) is 11.1 Å². The zero-order chi connectivity index (χ0) is 23.1. The third-order valence-corrected chi connectivity index (χ3v) is 6.07. The van der Waals surface area contributed by atoms with Gasteiger partial charge in [-0.2, -0.15) is 0 Å². The number of unbranched alkanes of at least 4 members (excludes halogenated alkanes) is 2. The van der Waals surface area contributed by atoms with E-state index < -0.39 is 23.7 Å². The molecule has 1 aliphatic carbocycles. The second-order valence-electron chi connectivity index (χ2n) is 8.53. The molecule has 2 nitrogen and oxygen atoms in total. The molecule has 176 valence electrons. The third-order valence-electron chi connectivity index (χ3n) is 6.07. The highest BCUT2D eigenvalue weighted by Gasteiger charge is 2.34. The molecule has 7 heteroatoms. The minimum atomic E-state index is -5.17. The lowest BCUT2D eigenvalue weighted by Gasteiger charge is -2.28. The van der Waals surface area contributed by atoms with Crippen LogP contribution >= 0.6 is 0 Å². The molecule has 0 aromatic heterocycles. The minimum absolute atomic E-state index is 0.113. The molecule has 1 saturated carbocycles. The number of alkyl halides is 3. The smallest absolute Gasteiger partial charge is 0.493 e. The Bertz CT molecular complexity index is 833. The highest BCUT2D eigenvalue weighted by Crippen LogP contribution is 2.34. The molecule has 0 aliphatic heterocycles. The molecular formula is C25H29F5O2. The molecule has 0 bridgehead atoms. The van der Waals surface area contributed by atoms with Gasteiger partial charge in [0, 0.05) is 0 Å². The number of benzene rings is 2. The Morgan fingerprint density at radius 3 is 2.00 bits per heavy atom. The van der Waals surface area contributed by atoms with Gasteiger partial charge in [0.1, 0.15) is 5.75 Å². The predicted octanol–water partition coefficient (Wildman–Crippen LogP) is 8.30. The lowest BCUT2D eigenvalue weighted by atomic mass is 9.80. The molecule has 0 heterocycles. The lowest BCUT2D eigenvalue weighted by Crippen LogP contribution is -2.20. The topological polar surface area (TPSA) is 18.5 Å². The molecule has 0 atom stereocenters. The molecular weight excluding hydrogens is 427 g/mol. The van der Waals surface area contributed by atoms with Crippen molar-refractivity contribution >= 4 is 0 Å². The van der Waals surface area contributed by atoms with Crippen molar-refractivity contribution in [3.8, 4) is 22.6 Å². The van der Waals surface area contributed by atoms with Crippen molar-refractivity contribution in [2.45, 2.75) is 64.7 Å². The van der Waals surface area contributed by atoms with Gasteiger partial charge in [-0.05, 0) is 60.1 Å². The van der Waals surface area contributed by atoms with Crippen molar-refractivity contribution in [1.29, 1.82) is 0 Å². The Hall–Kier alpha value is -2.31. The molecule has 0 unspecified atom stereocenters. The van der Waals surface area contributed by atoms with Crippen LogP contribution in [-0.4, -0.2) is 13.0 Å². The Morgan fingerprint density at radius 2 is 1.44 bits per heavy atom. The first-order valence-corrected chi connectivity index (χ1v) is 11.2. The fourth-order valence-electron chi connectivity index (χ4n) is 4.27. The summed E-state index contributed by atoms with van der Waals surface area (Å²) in [6.07, 6.45) is 4.88. The third kappa shape index (κ3) is 7.10. The fourth-order valence-corrected chi connectivity index (χ4v) is 4.27. The summed E-state index contributed by atoms with van der Waals surface area (Å²) >= 11 is 0. The van der Waals surface area contributed by atoms with Gasteiger partial charge < -0.3 is 9.47 Å². The molecule has 1 fully saturated rings. The van der Waals surface area contributed by atoms with Crippen LogP contribution in [0.1, 0.15) is 58.3 Å². The maximum Gasteiger partial charge on any atom is 0.573 e. The second kappa shape index (κ2) is 11.0. The average Bonchev–Trinajstić information content (AvgIpc) is 2.75. The van der Waals surface area contributed by atoms with Crippen LogP contribution < -0.4 is 9.47 Å². The van der Waals surface area contributed by atoms with E-state index in [1.165, 1.54) is 51.4 Å². The molecule has 0 amide bonds. The van der Waals surface area contributed by atoms with Crippen LogP contribution in [-0.2, 0) is 0 Å². The number of hydrogen-bond donors (Lipinski definition) is 0. The number of rotatable bonds is 9. The fraction of sp³-hybridized carbons (Fsp3) is 0.520. The zero-order valence-corrected chi connectivity index (χ0v) is 18.2. The van der Waals surface area contributed by atoms with Crippen molar-refractivity contribution in [3.05, 3.63) is 48.0 Å². The van der Waals surface area contributed by atoms with Gasteiger partial charge >= 0.3 is 6.36 Å². The highest BCUT2D eigenvalue weighted by molar-refractivity contribution is 5.65. The Kier molecular flexibility index (Phi) is 8.38. The van der Waals surface area contributed by atoms with Crippen LogP contribution in [0.3, 0.4) is 0 Å². The van der Waals surface area contributed by atoms with Gasteiger partial charge in [-0.15, -0.1) is 13.2 Å². The van der Waals surface area contributed by atoms with Crippen molar-refractivity contribution in [1.82, 2.24) is 0 Å². The zero-order valence-electron chi connectivity index (χ0n) is 18.2. The molecule has 32 heavy (non-hydrogen) atoms. The Labute approximate surface area is 185 Å². The van der Waals surface area contributed by atoms with Crippen LogP contribution in [0.15, 0.2) is 36.4 Å². The SMILES string of the molecule is CCCCC[C@H]1CC[C@H](COc2ccc(-c3cc(F)c(OC(F)(F)F)c(F)c3)cc2)CC1. The quantitative estimate of drug-likeness (QED) is 0.279. The van der Waals surface area contributed by atoms with E-state index in [4.69, 9.17) is 4.74 Å². The largest absolute Gasteiger partial charge is 0.573 e. The van der Waals surface area contributed by atoms with Gasteiger partial charge in [-0.25, -0.2) is 8.78 Å². The van der Waals surface area contributed by atoms with Crippen LogP contribution in [0, 0.1) is 23.5 Å². The summed E-state index contributed by atoms with van der Waals surface area (Å²) < 4.78 is 74.1. The minimum Gasteiger partial charge on any atom is -0.493 e. The molecule has 2 aromatic rings. The van der Waals surface area contributed by atoms with Gasteiger partial charge in [0.2, 0.25) is 5.75 Å². The summed E-state index contributed by atoms with van der Waals surface area (Å²) in [5, 5.41) is 0. The molecule has 3 rings (SSSR count). The maximum absolute atomic E-state index is 14.0. The van der Waals surface area contributed by atoms with Crippen molar-refractivity contribution in [3.63, 3.8) is 0 Å². The normalized spacial score (nSPS) is 19.1. The summed E-state index contributed by atoms with van der Waals surface area (Å²) in [5.41, 5.74) is 0.573. The van der Waals surface area contributed by atoms with Gasteiger partial charge in [0.25, 0.3) is 0 Å². The van der Waals surface area contributed by atoms with Gasteiger partial charge in [-0.3, -0.25) is 0 Å². The highest BCUT2D eigenvalue weighted by atomic mass is 19.4. The summed E-state index contributed by atoms with van der Waals surface area (Å²) in [6, 6.07) is 8.28. The maximum atomic E-state index is 14.0. The second-order valence-corrected chi connectivity index (χ2v) is 8.53. The van der Waals surface area contributed by atoms with Crippen LogP contribution in [0.2, 0.25) is 0 Å². The molecule has 0 radical (unpaired) electrons. The van der Waals surface area contributed by atoms with Gasteiger partial charge in [-0.1, -0.05) is 57.6 Å². The number of halogens is 5. The Morgan fingerprint density at radius 1 is 0.844 bits per heavy atom. The first-order chi connectivity index (χ1) is 15.2. The van der Waals surface area contributed by atoms with E-state index >= 15 is 0 Å². The van der Waals surface area contributed by atoms with E-state index in [0.29, 0.717) is 23.8 Å². The van der Waals surface area contributed by atoms with Crippen molar-refractivity contribution in [2.24, 2.45) is 11.8 Å². The van der Waals surface area contributed by atoms with Crippen LogP contribution in [0.5, 0.6) is 11.5 Å². The van der Waals surface area contributed by atoms with E-state index in [9.17, 15) is 22.0 Å². The summed E-state index contributed by atoms with van der Waals surface area (Å²) in [4.78, 5) is 0. The Balaban J connectivity index is 1.52. The standard InChI is InChI=1S/C25H29F5O2/c1-2-3-4-5-17-6-8-18(9-7-17)16-31-21-12-10-19(11-13-21)20-14-22(26)24(23(27)15-20)32-25(28,29)30/h10-15,17-18H,2-9,16H2,1H3/t17-,18-. The van der Waals surface area contributed by atoms with E-state index in [1.807, 2.05) is 0 Å². The molecule has 0 spiro atoms. The van der Waals surface area contributed by atoms with Gasteiger partial charge in [0.15, 0.2) is 11.6 Å². The summed E-state index contributed by atoms with van der Waals surface area (Å²) in [7, 11) is 0. The van der Waals surface area contributed by atoms with E-state index in [2.05, 4.69) is 11.7 Å². The van der Waals surface area contributed by atoms with Crippen LogP contribution in [0.4, 0.5) is 22.0 Å².